The highest BCUT2D eigenvalue weighted by atomic mass is 32.1. The van der Waals surface area contributed by atoms with Crippen molar-refractivity contribution >= 4 is 45.1 Å². The first-order valence-corrected chi connectivity index (χ1v) is 21.5. The molecule has 6 fully saturated rings. The molecule has 9 heterocycles. The number of benzene rings is 2. The Bertz CT molecular complexity index is 2120. The van der Waals surface area contributed by atoms with E-state index in [0.29, 0.717) is 33.4 Å². The molecule has 2 unspecified atom stereocenters. The Labute approximate surface area is 338 Å². The molecule has 6 aliphatic heterocycles. The van der Waals surface area contributed by atoms with Crippen molar-refractivity contribution in [3.05, 3.63) is 93.9 Å². The Morgan fingerprint density at radius 3 is 1.53 bits per heavy atom. The molecule has 0 amide bonds. The van der Waals surface area contributed by atoms with Crippen molar-refractivity contribution in [2.45, 2.75) is 76.7 Å². The predicted octanol–water partition coefficient (Wildman–Crippen LogP) is 8.90. The highest BCUT2D eigenvalue weighted by molar-refractivity contribution is 7.15. The van der Waals surface area contributed by atoms with Crippen LogP contribution in [0.25, 0.3) is 21.8 Å². The first kappa shape index (κ1) is 38.0. The number of hydrogen-bond acceptors (Lipinski definition) is 11. The fourth-order valence-corrected chi connectivity index (χ4v) is 11.3. The molecule has 57 heavy (non-hydrogen) atoms. The van der Waals surface area contributed by atoms with E-state index in [-0.39, 0.29) is 12.1 Å². The Morgan fingerprint density at radius 1 is 0.684 bits per heavy atom. The number of carbonyl (C=O) groups is 2. The molecule has 3 aromatic heterocycles. The summed E-state index contributed by atoms with van der Waals surface area (Å²) in [6, 6.07) is 19.1. The topological polar surface area (TPSA) is 103 Å². The first-order chi connectivity index (χ1) is 27.8. The third-order valence-corrected chi connectivity index (χ3v) is 14.7. The summed E-state index contributed by atoms with van der Waals surface area (Å²) in [6.45, 7) is 8.53. The number of esters is 2. The molecule has 6 saturated heterocycles. The molecular weight excluding hydrogens is 737 g/mol. The Balaban J connectivity index is 1.01. The smallest absolute Gasteiger partial charge is 0.348 e. The van der Waals surface area contributed by atoms with Crippen molar-refractivity contribution in [3.8, 4) is 11.5 Å². The molecule has 0 radical (unpaired) electrons. The fourth-order valence-electron chi connectivity index (χ4n) is 10.6. The normalized spacial score (nSPS) is 27.6. The van der Waals surface area contributed by atoms with Gasteiger partial charge in [-0.05, 0) is 123 Å². The average molecular weight is 789 g/mol. The summed E-state index contributed by atoms with van der Waals surface area (Å²) in [5.74, 6) is 3.03. The van der Waals surface area contributed by atoms with Gasteiger partial charge in [0.25, 0.3) is 0 Å². The largest absolute Gasteiger partial charge is 0.497 e. The van der Waals surface area contributed by atoms with Gasteiger partial charge in [-0.15, -0.1) is 11.3 Å². The zero-order valence-electron chi connectivity index (χ0n) is 33.3. The minimum atomic E-state index is -0.530. The summed E-state index contributed by atoms with van der Waals surface area (Å²) >= 11 is 1.13. The monoisotopic (exact) mass is 788 g/mol. The van der Waals surface area contributed by atoms with Gasteiger partial charge in [0.15, 0.2) is 0 Å². The van der Waals surface area contributed by atoms with Gasteiger partial charge >= 0.3 is 11.9 Å². The van der Waals surface area contributed by atoms with Gasteiger partial charge in [-0.3, -0.25) is 19.8 Å². The van der Waals surface area contributed by atoms with Gasteiger partial charge < -0.3 is 18.9 Å². The second-order valence-electron chi connectivity index (χ2n) is 16.4. The SMILES string of the molecule is CC[C@H]1CN2CC[C@H]1C[C@H]2[C@@H](OC(=O)c1ccc(C(=O)O[C@@H](c2ccnc3ccc(OC)cc23)[C@@H]2C[C@@H]3CCN2C[C@@H]3CC)s1)c1ccnc2ccc(OC)cc12. The molecule has 4 bridgehead atoms. The summed E-state index contributed by atoms with van der Waals surface area (Å²) in [5, 5.41) is 1.81. The van der Waals surface area contributed by atoms with Gasteiger partial charge in [-0.25, -0.2) is 9.59 Å². The van der Waals surface area contributed by atoms with Gasteiger partial charge in [0.2, 0.25) is 0 Å². The maximum atomic E-state index is 14.3. The molecule has 6 aliphatic rings. The summed E-state index contributed by atoms with van der Waals surface area (Å²) in [4.78, 5) is 43.6. The zero-order chi connectivity index (χ0) is 39.2. The lowest BCUT2D eigenvalue weighted by Crippen LogP contribution is -2.55. The van der Waals surface area contributed by atoms with E-state index in [1.165, 1.54) is 12.8 Å². The van der Waals surface area contributed by atoms with Crippen LogP contribution < -0.4 is 9.47 Å². The van der Waals surface area contributed by atoms with Crippen LogP contribution in [0.5, 0.6) is 11.5 Å². The molecule has 298 valence electrons. The van der Waals surface area contributed by atoms with Gasteiger partial charge in [0.05, 0.1) is 37.3 Å². The fraction of sp³-hybridized carbons (Fsp3) is 0.478. The van der Waals surface area contributed by atoms with Crippen LogP contribution in [0.15, 0.2) is 73.1 Å². The molecule has 2 aromatic carbocycles. The van der Waals surface area contributed by atoms with E-state index in [0.717, 1.165) is 108 Å². The quantitative estimate of drug-likeness (QED) is 0.114. The molecule has 0 spiro atoms. The summed E-state index contributed by atoms with van der Waals surface area (Å²) in [5.41, 5.74) is 3.47. The van der Waals surface area contributed by atoms with Crippen LogP contribution in [0.2, 0.25) is 0 Å². The number of ether oxygens (including phenoxy) is 4. The molecular formula is C46H52N4O6S. The maximum absolute atomic E-state index is 14.3. The van der Waals surface area contributed by atoms with Gasteiger partial charge in [-0.2, -0.15) is 0 Å². The number of nitrogens with zero attached hydrogens (tertiary/aromatic N) is 4. The number of pyridine rings is 2. The van der Waals surface area contributed by atoms with E-state index >= 15 is 0 Å². The van der Waals surface area contributed by atoms with Crippen LogP contribution in [-0.2, 0) is 9.47 Å². The predicted molar refractivity (Wildman–Crippen MR) is 221 cm³/mol. The number of carbonyl (C=O) groups excluding carboxylic acids is 2. The third kappa shape index (κ3) is 7.16. The van der Waals surface area contributed by atoms with Crippen molar-refractivity contribution in [2.24, 2.45) is 23.7 Å². The molecule has 0 saturated carbocycles. The summed E-state index contributed by atoms with van der Waals surface area (Å²) in [6.07, 6.45) is 9.08. The number of aromatic nitrogens is 2. The van der Waals surface area contributed by atoms with Crippen molar-refractivity contribution in [1.82, 2.24) is 19.8 Å². The lowest BCUT2D eigenvalue weighted by atomic mass is 9.72. The standard InChI is InChI=1S/C46H52N4O6S/c1-5-27-25-49-19-15-29(27)21-39(49)43(33-13-17-47-37-9-7-31(53-3)23-35(33)37)55-45(51)41-11-12-42(57-41)46(52)56-44(40-22-30-16-20-50(40)26-28(30)6-2)34-14-18-48-38-10-8-32(54-4)24-36(34)38/h7-14,17-18,23-24,27-30,39-40,43-44H,5-6,15-16,19-22,25-26H2,1-4H3/t27-,28-,29-,30-,39-,40-,43-,44-/m0/s1. The van der Waals surface area contributed by atoms with Crippen molar-refractivity contribution in [3.63, 3.8) is 0 Å². The molecule has 0 N–H and O–H groups in total. The Kier molecular flexibility index (Phi) is 10.6. The van der Waals surface area contributed by atoms with E-state index in [4.69, 9.17) is 18.9 Å². The molecule has 11 rings (SSSR count). The number of piperidine rings is 6. The summed E-state index contributed by atoms with van der Waals surface area (Å²) in [7, 11) is 3.31. The lowest BCUT2D eigenvalue weighted by Gasteiger charge is -2.51. The number of methoxy groups -OCH3 is 2. The van der Waals surface area contributed by atoms with Crippen molar-refractivity contribution in [1.29, 1.82) is 0 Å². The highest BCUT2D eigenvalue weighted by Gasteiger charge is 2.46. The maximum Gasteiger partial charge on any atom is 0.348 e. The molecule has 10 atom stereocenters. The van der Waals surface area contributed by atoms with Gasteiger partial charge in [-0.1, -0.05) is 26.7 Å². The van der Waals surface area contributed by atoms with Gasteiger partial charge in [0.1, 0.15) is 33.5 Å². The van der Waals surface area contributed by atoms with E-state index in [1.54, 1.807) is 38.7 Å². The molecule has 10 nitrogen and oxygen atoms in total. The number of rotatable bonds is 12. The number of thiophene rings is 1. The van der Waals surface area contributed by atoms with Crippen LogP contribution >= 0.6 is 11.3 Å². The van der Waals surface area contributed by atoms with Gasteiger partial charge in [0, 0.05) is 47.4 Å². The van der Waals surface area contributed by atoms with E-state index in [1.807, 2.05) is 48.5 Å². The first-order valence-electron chi connectivity index (χ1n) is 20.7. The molecule has 11 heteroatoms. The minimum Gasteiger partial charge on any atom is -0.497 e. The van der Waals surface area contributed by atoms with E-state index < -0.39 is 24.1 Å². The average Bonchev–Trinajstić information content (AvgIpc) is 3.78. The Hall–Kier alpha value is -4.58. The minimum absolute atomic E-state index is 0.0272. The Morgan fingerprint density at radius 2 is 1.14 bits per heavy atom. The van der Waals surface area contributed by atoms with E-state index in [9.17, 15) is 9.59 Å². The lowest BCUT2D eigenvalue weighted by molar-refractivity contribution is -0.0658. The third-order valence-electron chi connectivity index (χ3n) is 13.7. The van der Waals surface area contributed by atoms with Crippen LogP contribution in [0.3, 0.4) is 0 Å². The number of fused-ring (bicyclic) bond motifs is 8. The van der Waals surface area contributed by atoms with Crippen molar-refractivity contribution in [2.75, 3.05) is 40.4 Å². The molecule has 0 aliphatic carbocycles. The van der Waals surface area contributed by atoms with Crippen LogP contribution in [0.1, 0.15) is 95.1 Å². The van der Waals surface area contributed by atoms with Crippen LogP contribution in [0, 0.1) is 23.7 Å². The van der Waals surface area contributed by atoms with Crippen LogP contribution in [-0.4, -0.2) is 84.2 Å². The zero-order valence-corrected chi connectivity index (χ0v) is 34.1. The van der Waals surface area contributed by atoms with Crippen molar-refractivity contribution < 1.29 is 28.5 Å². The highest BCUT2D eigenvalue weighted by Crippen LogP contribution is 2.46. The van der Waals surface area contributed by atoms with E-state index in [2.05, 4.69) is 33.6 Å². The summed E-state index contributed by atoms with van der Waals surface area (Å²) < 4.78 is 24.4. The second-order valence-corrected chi connectivity index (χ2v) is 17.5. The molecule has 5 aromatic rings. The van der Waals surface area contributed by atoms with Crippen LogP contribution in [0.4, 0.5) is 0 Å². The number of hydrogen-bond donors (Lipinski definition) is 0. The second kappa shape index (κ2) is 16.0.